The minimum absolute atomic E-state index is 0.0104. The zero-order valence-electron chi connectivity index (χ0n) is 15.4. The Labute approximate surface area is 175 Å². The Balaban J connectivity index is 1.60. The van der Waals surface area contributed by atoms with E-state index in [1.807, 2.05) is 28.8 Å². The maximum Gasteiger partial charge on any atom is 0.387 e. The van der Waals surface area contributed by atoms with Crippen molar-refractivity contribution in [2.45, 2.75) is 19.6 Å². The molecule has 0 saturated heterocycles. The van der Waals surface area contributed by atoms with Gasteiger partial charge in [-0.15, -0.1) is 10.2 Å². The molecule has 0 aliphatic rings. The molecule has 0 bridgehead atoms. The lowest BCUT2D eigenvalue weighted by atomic mass is 10.2. The number of aromatic nitrogens is 3. The monoisotopic (exact) mass is 442 g/mol. The summed E-state index contributed by atoms with van der Waals surface area (Å²) in [4.78, 5) is 4.12. The molecule has 1 aromatic carbocycles. The van der Waals surface area contributed by atoms with Gasteiger partial charge in [0.05, 0.1) is 5.02 Å². The van der Waals surface area contributed by atoms with E-state index in [4.69, 9.17) is 23.2 Å². The minimum Gasteiger partial charge on any atom is -0.433 e. The molecule has 0 aliphatic heterocycles. The van der Waals surface area contributed by atoms with Crippen molar-refractivity contribution in [3.05, 3.63) is 58.0 Å². The molecule has 11 heteroatoms. The number of benzene rings is 1. The zero-order chi connectivity index (χ0) is 20.8. The number of halogens is 4. The van der Waals surface area contributed by atoms with Crippen molar-refractivity contribution < 1.29 is 13.5 Å². The summed E-state index contributed by atoms with van der Waals surface area (Å²) < 4.78 is 31.8. The molecule has 7 nitrogen and oxygen atoms in total. The zero-order valence-corrected chi connectivity index (χ0v) is 16.9. The topological polar surface area (TPSA) is 75.8 Å². The summed E-state index contributed by atoms with van der Waals surface area (Å²) >= 11 is 12.0. The number of ether oxygens (including phenoxy) is 1. The smallest absolute Gasteiger partial charge is 0.387 e. The van der Waals surface area contributed by atoms with Crippen LogP contribution in [0, 0.1) is 0 Å². The first kappa shape index (κ1) is 21.1. The molecule has 0 aliphatic carbocycles. The molecule has 0 saturated carbocycles. The van der Waals surface area contributed by atoms with Crippen LogP contribution < -0.4 is 15.4 Å². The van der Waals surface area contributed by atoms with Crippen LogP contribution in [0.15, 0.2) is 41.5 Å². The van der Waals surface area contributed by atoms with Crippen molar-refractivity contribution in [2.24, 2.45) is 4.99 Å². The first-order chi connectivity index (χ1) is 14.0. The molecule has 2 aromatic heterocycles. The quantitative estimate of drug-likeness (QED) is 0.432. The number of nitrogens with one attached hydrogen (secondary N) is 2. The Bertz CT molecular complexity index is 1010. The van der Waals surface area contributed by atoms with E-state index in [0.717, 1.165) is 11.5 Å². The second kappa shape index (κ2) is 9.71. The largest absolute Gasteiger partial charge is 0.433 e. The van der Waals surface area contributed by atoms with Crippen LogP contribution in [0.4, 0.5) is 8.78 Å². The van der Waals surface area contributed by atoms with Gasteiger partial charge in [-0.1, -0.05) is 29.3 Å². The highest BCUT2D eigenvalue weighted by Gasteiger charge is 2.15. The maximum atomic E-state index is 12.7. The molecule has 29 heavy (non-hydrogen) atoms. The van der Waals surface area contributed by atoms with E-state index >= 15 is 0 Å². The van der Waals surface area contributed by atoms with Crippen LogP contribution >= 0.6 is 23.2 Å². The van der Waals surface area contributed by atoms with Crippen LogP contribution in [0.3, 0.4) is 0 Å². The molecule has 2 N–H and O–H groups in total. The lowest BCUT2D eigenvalue weighted by Gasteiger charge is -2.16. The standard InChI is InChI=1S/C18H18Cl2F2N6O/c1-23-18(24-6-5-15-27-26-14-4-2-3-7-28(14)15)25-10-11-8-12(19)9-13(20)16(11)29-17(21)22/h2-4,7-9,17H,5-6,10H2,1H3,(H2,23,24,25). The van der Waals surface area contributed by atoms with Gasteiger partial charge >= 0.3 is 6.61 Å². The molecule has 3 rings (SSSR count). The second-order valence-corrected chi connectivity index (χ2v) is 6.75. The molecule has 0 unspecified atom stereocenters. The maximum absolute atomic E-state index is 12.7. The van der Waals surface area contributed by atoms with E-state index in [2.05, 4.69) is 30.6 Å². The fourth-order valence-corrected chi connectivity index (χ4v) is 3.30. The predicted molar refractivity (Wildman–Crippen MR) is 108 cm³/mol. The highest BCUT2D eigenvalue weighted by Crippen LogP contribution is 2.33. The number of guanidine groups is 1. The molecule has 0 radical (unpaired) electrons. The minimum atomic E-state index is -3.00. The van der Waals surface area contributed by atoms with Crippen LogP contribution in [0.2, 0.25) is 10.0 Å². The van der Waals surface area contributed by atoms with E-state index in [9.17, 15) is 8.78 Å². The van der Waals surface area contributed by atoms with Gasteiger partial charge in [-0.3, -0.25) is 9.39 Å². The van der Waals surface area contributed by atoms with E-state index < -0.39 is 6.61 Å². The van der Waals surface area contributed by atoms with Gasteiger partial charge in [0.2, 0.25) is 0 Å². The summed E-state index contributed by atoms with van der Waals surface area (Å²) in [6.07, 6.45) is 2.50. The number of hydrogen-bond acceptors (Lipinski definition) is 4. The SMILES string of the molecule is CN=C(NCCc1nnc2ccccn12)NCc1cc(Cl)cc(Cl)c1OC(F)F. The van der Waals surface area contributed by atoms with Crippen molar-refractivity contribution in [3.8, 4) is 5.75 Å². The molecule has 0 fully saturated rings. The number of nitrogens with zero attached hydrogens (tertiary/aromatic N) is 4. The number of hydrogen-bond donors (Lipinski definition) is 2. The molecule has 0 amide bonds. The van der Waals surface area contributed by atoms with E-state index in [1.54, 1.807) is 7.05 Å². The van der Waals surface area contributed by atoms with Gasteiger partial charge in [-0.25, -0.2) is 0 Å². The summed E-state index contributed by atoms with van der Waals surface area (Å²) in [6, 6.07) is 8.53. The Hall–Kier alpha value is -2.65. The lowest BCUT2D eigenvalue weighted by molar-refractivity contribution is -0.0504. The van der Waals surface area contributed by atoms with Crippen molar-refractivity contribution in [3.63, 3.8) is 0 Å². The highest BCUT2D eigenvalue weighted by atomic mass is 35.5. The third-order valence-corrected chi connectivity index (χ3v) is 4.49. The van der Waals surface area contributed by atoms with Gasteiger partial charge < -0.3 is 15.4 Å². The van der Waals surface area contributed by atoms with E-state index in [0.29, 0.717) is 29.5 Å². The Morgan fingerprint density at radius 2 is 2.07 bits per heavy atom. The number of aliphatic imine (C=N–C) groups is 1. The van der Waals surface area contributed by atoms with Gasteiger partial charge in [0.1, 0.15) is 11.6 Å². The van der Waals surface area contributed by atoms with Gasteiger partial charge in [-0.05, 0) is 24.3 Å². The normalized spacial score (nSPS) is 11.9. The van der Waals surface area contributed by atoms with Gasteiger partial charge in [0.25, 0.3) is 0 Å². The van der Waals surface area contributed by atoms with Crippen molar-refractivity contribution in [1.82, 2.24) is 25.2 Å². The first-order valence-electron chi connectivity index (χ1n) is 8.64. The second-order valence-electron chi connectivity index (χ2n) is 5.90. The molecule has 0 atom stereocenters. The number of alkyl halides is 2. The molecule has 0 spiro atoms. The number of rotatable bonds is 7. The lowest BCUT2D eigenvalue weighted by Crippen LogP contribution is -2.38. The molecule has 154 valence electrons. The first-order valence-corrected chi connectivity index (χ1v) is 9.39. The van der Waals surface area contributed by atoms with Crippen molar-refractivity contribution >= 4 is 34.8 Å². The van der Waals surface area contributed by atoms with E-state index in [1.165, 1.54) is 12.1 Å². The fraction of sp³-hybridized carbons (Fsp3) is 0.278. The van der Waals surface area contributed by atoms with Crippen LogP contribution in [0.25, 0.3) is 5.65 Å². The van der Waals surface area contributed by atoms with Gasteiger partial charge in [0, 0.05) is 43.3 Å². The van der Waals surface area contributed by atoms with E-state index in [-0.39, 0.29) is 17.3 Å². The third kappa shape index (κ3) is 5.45. The highest BCUT2D eigenvalue weighted by molar-refractivity contribution is 6.35. The molecule has 2 heterocycles. The average Bonchev–Trinajstić information content (AvgIpc) is 3.10. The Morgan fingerprint density at radius 1 is 1.24 bits per heavy atom. The predicted octanol–water partition coefficient (Wildman–Crippen LogP) is 3.55. The summed E-state index contributed by atoms with van der Waals surface area (Å²) in [6.45, 7) is -2.33. The molecular weight excluding hydrogens is 425 g/mol. The van der Waals surface area contributed by atoms with Crippen molar-refractivity contribution in [2.75, 3.05) is 13.6 Å². The van der Waals surface area contributed by atoms with Gasteiger partial charge in [-0.2, -0.15) is 8.78 Å². The third-order valence-electron chi connectivity index (χ3n) is 3.99. The summed E-state index contributed by atoms with van der Waals surface area (Å²) in [5.41, 5.74) is 1.16. The van der Waals surface area contributed by atoms with Crippen LogP contribution in [0.5, 0.6) is 5.75 Å². The summed E-state index contributed by atoms with van der Waals surface area (Å²) in [7, 11) is 1.60. The van der Waals surface area contributed by atoms with Crippen LogP contribution in [0.1, 0.15) is 11.4 Å². The van der Waals surface area contributed by atoms with Crippen LogP contribution in [-0.4, -0.2) is 40.8 Å². The van der Waals surface area contributed by atoms with Crippen molar-refractivity contribution in [1.29, 1.82) is 0 Å². The Morgan fingerprint density at radius 3 is 2.83 bits per heavy atom. The van der Waals surface area contributed by atoms with Gasteiger partial charge in [0.15, 0.2) is 11.6 Å². The van der Waals surface area contributed by atoms with Crippen LogP contribution in [-0.2, 0) is 13.0 Å². The average molecular weight is 443 g/mol. The summed E-state index contributed by atoms with van der Waals surface area (Å²) in [5.74, 6) is 1.15. The molecular formula is C18H18Cl2F2N6O. The number of fused-ring (bicyclic) bond motifs is 1. The molecule has 3 aromatic rings. The number of pyridine rings is 1. The summed E-state index contributed by atoms with van der Waals surface area (Å²) in [5, 5.41) is 14.8. The fourth-order valence-electron chi connectivity index (χ4n) is 2.72. The Kier molecular flexibility index (Phi) is 7.05.